The second kappa shape index (κ2) is 7.67. The molecule has 0 aromatic heterocycles. The maximum Gasteiger partial charge on any atom is 0.238 e. The first-order valence-electron chi connectivity index (χ1n) is 8.51. The molecule has 0 unspecified atom stereocenters. The van der Waals surface area contributed by atoms with Crippen molar-refractivity contribution in [3.05, 3.63) is 92.4 Å². The highest BCUT2D eigenvalue weighted by Gasteiger charge is 2.23. The van der Waals surface area contributed by atoms with E-state index in [4.69, 9.17) is 44.7 Å². The monoisotopic (exact) mass is 465 g/mol. The molecule has 0 radical (unpaired) electrons. The molecule has 3 aromatic carbocycles. The SMILES string of the molecule is NS(=O)(=O)c1ccc(C2=C(c3cc(Cl)c(Cl)c(Cl)c3)Cc3ccccc3O2)cc1. The molecule has 2 N–H and O–H groups in total. The molecule has 1 heterocycles. The van der Waals surface area contributed by atoms with Crippen molar-refractivity contribution in [1.29, 1.82) is 0 Å². The Morgan fingerprint density at radius 1 is 0.862 bits per heavy atom. The van der Waals surface area contributed by atoms with Gasteiger partial charge in [-0.3, -0.25) is 0 Å². The van der Waals surface area contributed by atoms with Gasteiger partial charge >= 0.3 is 0 Å². The Hall–Kier alpha value is -2.02. The quantitative estimate of drug-likeness (QED) is 0.496. The molecule has 0 amide bonds. The highest BCUT2D eigenvalue weighted by Crippen LogP contribution is 2.42. The average molecular weight is 467 g/mol. The second-order valence-corrected chi connectivity index (χ2v) is 9.27. The lowest BCUT2D eigenvalue weighted by atomic mass is 9.92. The number of halogens is 3. The highest BCUT2D eigenvalue weighted by atomic mass is 35.5. The van der Waals surface area contributed by atoms with Crippen LogP contribution in [0.25, 0.3) is 11.3 Å². The fourth-order valence-corrected chi connectivity index (χ4v) is 4.30. The number of ether oxygens (including phenoxy) is 1. The molecule has 4 nitrogen and oxygen atoms in total. The first-order chi connectivity index (χ1) is 13.7. The maximum atomic E-state index is 11.6. The minimum Gasteiger partial charge on any atom is -0.456 e. The largest absolute Gasteiger partial charge is 0.456 e. The Bertz CT molecular complexity index is 1230. The summed E-state index contributed by atoms with van der Waals surface area (Å²) in [6, 6.07) is 17.4. The summed E-state index contributed by atoms with van der Waals surface area (Å²) in [5.74, 6) is 1.31. The van der Waals surface area contributed by atoms with Gasteiger partial charge in [0.25, 0.3) is 0 Å². The van der Waals surface area contributed by atoms with Gasteiger partial charge in [0.1, 0.15) is 11.5 Å². The number of rotatable bonds is 3. The number of primary sulfonamides is 1. The number of sulfonamides is 1. The number of allylic oxidation sites excluding steroid dienone is 1. The van der Waals surface area contributed by atoms with Crippen LogP contribution in [0.2, 0.25) is 15.1 Å². The van der Waals surface area contributed by atoms with Crippen molar-refractivity contribution in [3.8, 4) is 5.75 Å². The van der Waals surface area contributed by atoms with Gasteiger partial charge in [-0.1, -0.05) is 53.0 Å². The van der Waals surface area contributed by atoms with E-state index in [-0.39, 0.29) is 9.92 Å². The van der Waals surface area contributed by atoms with Crippen LogP contribution in [0, 0.1) is 0 Å². The third kappa shape index (κ3) is 4.02. The molecule has 1 aliphatic rings. The van der Waals surface area contributed by atoms with E-state index >= 15 is 0 Å². The van der Waals surface area contributed by atoms with Gasteiger partial charge < -0.3 is 4.74 Å². The predicted molar refractivity (Wildman–Crippen MR) is 117 cm³/mol. The molecule has 0 fully saturated rings. The van der Waals surface area contributed by atoms with E-state index in [9.17, 15) is 8.42 Å². The van der Waals surface area contributed by atoms with Gasteiger partial charge in [0.2, 0.25) is 10.0 Å². The number of benzene rings is 3. The summed E-state index contributed by atoms with van der Waals surface area (Å²) in [6.45, 7) is 0. The van der Waals surface area contributed by atoms with Crippen molar-refractivity contribution < 1.29 is 13.2 Å². The summed E-state index contributed by atoms with van der Waals surface area (Å²) in [4.78, 5) is 0.0252. The van der Waals surface area contributed by atoms with Gasteiger partial charge in [-0.05, 0) is 53.6 Å². The van der Waals surface area contributed by atoms with Gasteiger partial charge in [0.15, 0.2) is 0 Å². The minimum absolute atomic E-state index is 0.0252. The molecule has 0 aliphatic carbocycles. The van der Waals surface area contributed by atoms with Crippen molar-refractivity contribution in [1.82, 2.24) is 0 Å². The van der Waals surface area contributed by atoms with Gasteiger partial charge in [0.05, 0.1) is 20.0 Å². The average Bonchev–Trinajstić information content (AvgIpc) is 2.70. The van der Waals surface area contributed by atoms with E-state index < -0.39 is 10.0 Å². The van der Waals surface area contributed by atoms with Crippen LogP contribution in [0.1, 0.15) is 16.7 Å². The van der Waals surface area contributed by atoms with Gasteiger partial charge in [0, 0.05) is 17.6 Å². The van der Waals surface area contributed by atoms with Crippen molar-refractivity contribution in [2.75, 3.05) is 0 Å². The Balaban J connectivity index is 1.90. The lowest BCUT2D eigenvalue weighted by Gasteiger charge is -2.24. The predicted octanol–water partition coefficient (Wildman–Crippen LogP) is 5.80. The molecular weight excluding hydrogens is 453 g/mol. The standard InChI is InChI=1S/C21H14Cl3NO3S/c22-17-10-14(11-18(23)20(17)24)16-9-13-3-1-2-4-19(13)28-21(16)12-5-7-15(8-6-12)29(25,26)27/h1-8,10-11H,9H2,(H2,25,26,27). The van der Waals surface area contributed by atoms with E-state index in [1.165, 1.54) is 12.1 Å². The topological polar surface area (TPSA) is 69.4 Å². The molecule has 0 spiro atoms. The number of nitrogens with two attached hydrogens (primary N) is 1. The normalized spacial score (nSPS) is 13.8. The van der Waals surface area contributed by atoms with Crippen molar-refractivity contribution in [3.63, 3.8) is 0 Å². The van der Waals surface area contributed by atoms with Crippen LogP contribution < -0.4 is 9.88 Å². The zero-order valence-corrected chi connectivity index (χ0v) is 17.9. The van der Waals surface area contributed by atoms with Gasteiger partial charge in [-0.25, -0.2) is 13.6 Å². The molecule has 0 bridgehead atoms. The molecule has 0 atom stereocenters. The molecule has 8 heteroatoms. The molecule has 0 saturated heterocycles. The molecule has 0 saturated carbocycles. The molecule has 4 rings (SSSR count). The lowest BCUT2D eigenvalue weighted by Crippen LogP contribution is -2.13. The molecule has 29 heavy (non-hydrogen) atoms. The van der Waals surface area contributed by atoms with Gasteiger partial charge in [-0.2, -0.15) is 0 Å². The van der Waals surface area contributed by atoms with Crippen LogP contribution in [-0.4, -0.2) is 8.42 Å². The fraction of sp³-hybridized carbons (Fsp3) is 0.0476. The number of hydrogen-bond acceptors (Lipinski definition) is 3. The third-order valence-electron chi connectivity index (χ3n) is 4.60. The third-order valence-corrected chi connectivity index (χ3v) is 6.73. The Morgan fingerprint density at radius 2 is 1.48 bits per heavy atom. The van der Waals surface area contributed by atoms with Gasteiger partial charge in [-0.15, -0.1) is 0 Å². The molecule has 1 aliphatic heterocycles. The summed E-state index contributed by atoms with van der Waals surface area (Å²) in [5.41, 5.74) is 3.33. The fourth-order valence-electron chi connectivity index (χ4n) is 3.18. The van der Waals surface area contributed by atoms with Crippen molar-refractivity contribution in [2.24, 2.45) is 5.14 Å². The smallest absolute Gasteiger partial charge is 0.238 e. The number of hydrogen-bond donors (Lipinski definition) is 1. The Morgan fingerprint density at radius 3 is 2.10 bits per heavy atom. The maximum absolute atomic E-state index is 11.6. The minimum atomic E-state index is -3.79. The summed E-state index contributed by atoms with van der Waals surface area (Å²) >= 11 is 18.6. The lowest BCUT2D eigenvalue weighted by molar-refractivity contribution is 0.502. The van der Waals surface area contributed by atoms with E-state index in [2.05, 4.69) is 0 Å². The van der Waals surface area contributed by atoms with Crippen LogP contribution in [0.3, 0.4) is 0 Å². The summed E-state index contributed by atoms with van der Waals surface area (Å²) in [5, 5.41) is 6.16. The van der Waals surface area contributed by atoms with E-state index in [0.29, 0.717) is 27.8 Å². The number of fused-ring (bicyclic) bond motifs is 1. The summed E-state index contributed by atoms with van der Waals surface area (Å²) in [7, 11) is -3.79. The molecule has 148 valence electrons. The van der Waals surface area contributed by atoms with Crippen molar-refractivity contribution >= 4 is 56.2 Å². The van der Waals surface area contributed by atoms with Crippen LogP contribution in [0.5, 0.6) is 5.75 Å². The summed E-state index contributed by atoms with van der Waals surface area (Å²) < 4.78 is 29.3. The zero-order chi connectivity index (χ0) is 20.8. The highest BCUT2D eigenvalue weighted by molar-refractivity contribution is 7.89. The zero-order valence-electron chi connectivity index (χ0n) is 14.8. The Labute approximate surface area is 183 Å². The van der Waals surface area contributed by atoms with Crippen LogP contribution in [0.4, 0.5) is 0 Å². The second-order valence-electron chi connectivity index (χ2n) is 6.52. The number of para-hydroxylation sites is 1. The van der Waals surface area contributed by atoms with Crippen LogP contribution in [-0.2, 0) is 16.4 Å². The van der Waals surface area contributed by atoms with Crippen LogP contribution in [0.15, 0.2) is 65.6 Å². The first kappa shape index (κ1) is 20.3. The van der Waals surface area contributed by atoms with Crippen LogP contribution >= 0.6 is 34.8 Å². The van der Waals surface area contributed by atoms with E-state index in [1.54, 1.807) is 24.3 Å². The summed E-state index contributed by atoms with van der Waals surface area (Å²) in [6.07, 6.45) is 0.580. The Kier molecular flexibility index (Phi) is 5.36. The molecule has 3 aromatic rings. The van der Waals surface area contributed by atoms with E-state index in [0.717, 1.165) is 22.4 Å². The van der Waals surface area contributed by atoms with E-state index in [1.807, 2.05) is 24.3 Å². The molecular formula is C21H14Cl3NO3S. The first-order valence-corrected chi connectivity index (χ1v) is 11.2. The van der Waals surface area contributed by atoms with Crippen molar-refractivity contribution in [2.45, 2.75) is 11.3 Å².